The summed E-state index contributed by atoms with van der Waals surface area (Å²) < 4.78 is 32.0. The number of amides is 1. The minimum Gasteiger partial charge on any atom is -0.415 e. The Labute approximate surface area is 181 Å². The first-order chi connectivity index (χ1) is 13.9. The Morgan fingerprint density at radius 2 is 1.67 bits per heavy atom. The van der Waals surface area contributed by atoms with Crippen LogP contribution < -0.4 is 4.90 Å². The minimum absolute atomic E-state index is 0.0595. The van der Waals surface area contributed by atoms with Crippen LogP contribution in [-0.4, -0.2) is 41.0 Å². The van der Waals surface area contributed by atoms with E-state index in [1.54, 1.807) is 23.1 Å². The molecule has 30 heavy (non-hydrogen) atoms. The fourth-order valence-corrected chi connectivity index (χ4v) is 5.64. The van der Waals surface area contributed by atoms with Crippen molar-refractivity contribution < 1.29 is 17.6 Å². The van der Waals surface area contributed by atoms with Gasteiger partial charge in [0.1, 0.15) is 5.75 Å². The highest BCUT2D eigenvalue weighted by molar-refractivity contribution is 7.92. The third-order valence-electron chi connectivity index (χ3n) is 6.20. The van der Waals surface area contributed by atoms with Gasteiger partial charge < -0.3 is 9.33 Å². The van der Waals surface area contributed by atoms with Gasteiger partial charge in [-0.15, -0.1) is 0 Å². The predicted molar refractivity (Wildman–Crippen MR) is 123 cm³/mol. The highest BCUT2D eigenvalue weighted by Gasteiger charge is 2.41. The van der Waals surface area contributed by atoms with E-state index < -0.39 is 29.8 Å². The van der Waals surface area contributed by atoms with Gasteiger partial charge in [-0.05, 0) is 48.3 Å². The highest BCUT2D eigenvalue weighted by atomic mass is 32.2. The van der Waals surface area contributed by atoms with Crippen molar-refractivity contribution in [1.82, 2.24) is 0 Å². The number of rotatable bonds is 6. The van der Waals surface area contributed by atoms with E-state index in [4.69, 9.17) is 4.43 Å². The molecule has 0 bridgehead atoms. The lowest BCUT2D eigenvalue weighted by atomic mass is 10.1. The second-order valence-electron chi connectivity index (χ2n) is 9.39. The van der Waals surface area contributed by atoms with E-state index in [0.717, 1.165) is 11.3 Å². The van der Waals surface area contributed by atoms with E-state index in [9.17, 15) is 13.2 Å². The quantitative estimate of drug-likeness (QED) is 0.617. The van der Waals surface area contributed by atoms with Gasteiger partial charge in [0.05, 0.1) is 17.5 Å². The Morgan fingerprint density at radius 3 is 2.30 bits per heavy atom. The van der Waals surface area contributed by atoms with E-state index in [-0.39, 0.29) is 16.0 Å². The number of benzene rings is 2. The summed E-state index contributed by atoms with van der Waals surface area (Å²) in [7, 11) is -5.71. The number of carbonyl (C=O) groups excluding carboxylic acids is 1. The molecule has 5 nitrogen and oxygen atoms in total. The maximum atomic E-state index is 13.2. The van der Waals surface area contributed by atoms with Crippen LogP contribution in [0, 0.1) is 0 Å². The zero-order chi connectivity index (χ0) is 22.2. The van der Waals surface area contributed by atoms with Crippen molar-refractivity contribution in [3.05, 3.63) is 60.2 Å². The highest BCUT2D eigenvalue weighted by Crippen LogP contribution is 2.38. The summed E-state index contributed by atoms with van der Waals surface area (Å²) in [5.41, 5.74) is 1.83. The molecule has 2 aromatic rings. The van der Waals surface area contributed by atoms with Crippen LogP contribution in [0.4, 0.5) is 5.69 Å². The maximum Gasteiger partial charge on any atom is 0.242 e. The number of anilines is 1. The molecule has 7 heteroatoms. The first-order valence-electron chi connectivity index (χ1n) is 10.2. The summed E-state index contributed by atoms with van der Waals surface area (Å²) in [5.74, 6) is -0.963. The van der Waals surface area contributed by atoms with E-state index in [1.807, 2.05) is 24.3 Å². The van der Waals surface area contributed by atoms with E-state index in [1.165, 1.54) is 12.1 Å². The molecule has 1 heterocycles. The largest absolute Gasteiger partial charge is 0.415 e. The van der Waals surface area contributed by atoms with Gasteiger partial charge in [-0.2, -0.15) is 0 Å². The fraction of sp³-hybridized carbons (Fsp3) is 0.435. The molecule has 2 aromatic carbocycles. The summed E-state index contributed by atoms with van der Waals surface area (Å²) in [6.07, 6.45) is 0.669. The zero-order valence-corrected chi connectivity index (χ0v) is 20.2. The molecule has 162 valence electrons. The number of hydrogen-bond acceptors (Lipinski definition) is 4. The lowest BCUT2D eigenvalue weighted by Gasteiger charge is -2.38. The first kappa shape index (κ1) is 22.7. The lowest BCUT2D eigenvalue weighted by Crippen LogP contribution is -2.48. The van der Waals surface area contributed by atoms with Crippen molar-refractivity contribution in [2.24, 2.45) is 0 Å². The Bertz CT molecular complexity index is 1010. The summed E-state index contributed by atoms with van der Waals surface area (Å²) >= 11 is 0. The van der Waals surface area contributed by atoms with E-state index in [2.05, 4.69) is 33.9 Å². The molecule has 0 spiro atoms. The molecule has 0 N–H and O–H groups in total. The standard InChI is InChI=1S/C23H31NO4SSi/c1-23(2,3)30(4,5)28-16-19-15-18-11-9-10-14-21(18)24(19)22(25)17-29(26,27)20-12-7-6-8-13-20/h6-14,19H,15-17H2,1-5H3. The minimum atomic E-state index is -3.71. The fourth-order valence-electron chi connectivity index (χ4n) is 3.40. The smallest absolute Gasteiger partial charge is 0.242 e. The summed E-state index contributed by atoms with van der Waals surface area (Å²) in [5, 5.41) is 0.0595. The summed E-state index contributed by atoms with van der Waals surface area (Å²) in [6, 6.07) is 15.6. The van der Waals surface area contributed by atoms with Gasteiger partial charge in [0.2, 0.25) is 5.91 Å². The molecule has 1 aliphatic rings. The molecule has 0 saturated heterocycles. The molecule has 0 aliphatic carbocycles. The van der Waals surface area contributed by atoms with Crippen molar-refractivity contribution >= 4 is 29.7 Å². The van der Waals surface area contributed by atoms with Gasteiger partial charge in [-0.3, -0.25) is 4.79 Å². The number of fused-ring (bicyclic) bond motifs is 1. The molecular formula is C23H31NO4SSi. The van der Waals surface area contributed by atoms with Crippen molar-refractivity contribution in [2.75, 3.05) is 17.3 Å². The topological polar surface area (TPSA) is 63.7 Å². The SMILES string of the molecule is CC(C)(C)[Si](C)(C)OCC1Cc2ccccc2N1C(=O)CS(=O)(=O)c1ccccc1. The van der Waals surface area contributed by atoms with Crippen molar-refractivity contribution in [3.8, 4) is 0 Å². The third-order valence-corrected chi connectivity index (χ3v) is 12.3. The summed E-state index contributed by atoms with van der Waals surface area (Å²) in [6.45, 7) is 11.3. The van der Waals surface area contributed by atoms with Crippen LogP contribution >= 0.6 is 0 Å². The van der Waals surface area contributed by atoms with Crippen molar-refractivity contribution in [1.29, 1.82) is 0 Å². The van der Waals surface area contributed by atoms with Gasteiger partial charge in [0.25, 0.3) is 0 Å². The van der Waals surface area contributed by atoms with Crippen LogP contribution in [0.2, 0.25) is 18.1 Å². The molecular weight excluding hydrogens is 414 g/mol. The normalized spacial score (nSPS) is 17.1. The van der Waals surface area contributed by atoms with Gasteiger partial charge in [0, 0.05) is 5.69 Å². The van der Waals surface area contributed by atoms with Gasteiger partial charge in [-0.25, -0.2) is 8.42 Å². The number of nitrogens with zero attached hydrogens (tertiary/aromatic N) is 1. The molecule has 1 aliphatic heterocycles. The van der Waals surface area contributed by atoms with Crippen molar-refractivity contribution in [2.45, 2.75) is 56.3 Å². The van der Waals surface area contributed by atoms with E-state index >= 15 is 0 Å². The molecule has 0 saturated carbocycles. The van der Waals surface area contributed by atoms with Crippen molar-refractivity contribution in [3.63, 3.8) is 0 Å². The zero-order valence-electron chi connectivity index (χ0n) is 18.4. The Hall–Kier alpha value is -1.96. The lowest BCUT2D eigenvalue weighted by molar-refractivity contribution is -0.116. The molecule has 1 unspecified atom stereocenters. The van der Waals surface area contributed by atoms with Gasteiger partial charge >= 0.3 is 0 Å². The Morgan fingerprint density at radius 1 is 1.07 bits per heavy atom. The number of hydrogen-bond donors (Lipinski definition) is 0. The molecule has 0 radical (unpaired) electrons. The van der Waals surface area contributed by atoms with Gasteiger partial charge in [-0.1, -0.05) is 57.2 Å². The molecule has 1 atom stereocenters. The van der Waals surface area contributed by atoms with Crippen LogP contribution in [0.5, 0.6) is 0 Å². The average molecular weight is 446 g/mol. The number of carbonyl (C=O) groups is 1. The molecule has 0 fully saturated rings. The molecule has 3 rings (SSSR count). The molecule has 0 aromatic heterocycles. The Kier molecular flexibility index (Phi) is 6.27. The van der Waals surface area contributed by atoms with Gasteiger partial charge in [0.15, 0.2) is 18.2 Å². The maximum absolute atomic E-state index is 13.2. The number of para-hydroxylation sites is 1. The first-order valence-corrected chi connectivity index (χ1v) is 14.8. The average Bonchev–Trinajstić information content (AvgIpc) is 3.04. The van der Waals surface area contributed by atoms with Crippen LogP contribution in [0.25, 0.3) is 0 Å². The second kappa shape index (κ2) is 8.28. The summed E-state index contributed by atoms with van der Waals surface area (Å²) in [4.78, 5) is 15.0. The monoisotopic (exact) mass is 445 g/mol. The second-order valence-corrected chi connectivity index (χ2v) is 16.2. The Balaban J connectivity index is 1.84. The van der Waals surface area contributed by atoms with Crippen LogP contribution in [-0.2, 0) is 25.5 Å². The molecule has 1 amide bonds. The predicted octanol–water partition coefficient (Wildman–Crippen LogP) is 4.44. The number of sulfone groups is 1. The van der Waals surface area contributed by atoms with Crippen LogP contribution in [0.1, 0.15) is 26.3 Å². The third kappa shape index (κ3) is 4.68. The van der Waals surface area contributed by atoms with Crippen LogP contribution in [0.15, 0.2) is 59.5 Å². The van der Waals surface area contributed by atoms with Crippen LogP contribution in [0.3, 0.4) is 0 Å². The van der Waals surface area contributed by atoms with E-state index in [0.29, 0.717) is 13.0 Å².